The van der Waals surface area contributed by atoms with Gasteiger partial charge in [-0.2, -0.15) is 0 Å². The Morgan fingerprint density at radius 2 is 1.89 bits per heavy atom. The molecule has 0 bridgehead atoms. The van der Waals surface area contributed by atoms with Crippen LogP contribution in [0.1, 0.15) is 32.6 Å². The lowest BCUT2D eigenvalue weighted by molar-refractivity contribution is -0.160. The van der Waals surface area contributed by atoms with Crippen molar-refractivity contribution in [3.05, 3.63) is 0 Å². The summed E-state index contributed by atoms with van der Waals surface area (Å²) in [4.78, 5) is 27.5. The van der Waals surface area contributed by atoms with Gasteiger partial charge in [0.05, 0.1) is 6.61 Å². The van der Waals surface area contributed by atoms with Crippen molar-refractivity contribution < 1.29 is 14.3 Å². The van der Waals surface area contributed by atoms with Crippen molar-refractivity contribution in [1.82, 2.24) is 9.80 Å². The molecule has 102 valence electrons. The number of carbonyl (C=O) groups excluding carboxylic acids is 2. The fourth-order valence-corrected chi connectivity index (χ4v) is 2.87. The Morgan fingerprint density at radius 1 is 1.17 bits per heavy atom. The number of amides is 1. The van der Waals surface area contributed by atoms with E-state index < -0.39 is 11.9 Å². The van der Waals surface area contributed by atoms with Crippen molar-refractivity contribution in [2.75, 3.05) is 32.8 Å². The highest BCUT2D eigenvalue weighted by Gasteiger charge is 2.34. The molecule has 0 aromatic heterocycles. The summed E-state index contributed by atoms with van der Waals surface area (Å²) in [5.74, 6) is -1.16. The molecule has 0 spiro atoms. The minimum absolute atomic E-state index is 0.194. The summed E-state index contributed by atoms with van der Waals surface area (Å²) in [6.07, 6.45) is 4.49. The number of likely N-dealkylation sites (tertiary alicyclic amines) is 2. The Labute approximate surface area is 108 Å². The minimum Gasteiger partial charge on any atom is -0.459 e. The third-order valence-corrected chi connectivity index (χ3v) is 3.76. The van der Waals surface area contributed by atoms with Crippen LogP contribution in [0.4, 0.5) is 0 Å². The largest absolute Gasteiger partial charge is 0.459 e. The topological polar surface area (TPSA) is 49.9 Å². The molecule has 2 heterocycles. The van der Waals surface area contributed by atoms with Gasteiger partial charge < -0.3 is 14.5 Å². The summed E-state index contributed by atoms with van der Waals surface area (Å²) in [5.41, 5.74) is 0. The lowest BCUT2D eigenvalue weighted by Crippen LogP contribution is -2.45. The van der Waals surface area contributed by atoms with E-state index in [4.69, 9.17) is 4.74 Å². The molecule has 0 N–H and O–H groups in total. The second-order valence-corrected chi connectivity index (χ2v) is 5.02. The molecule has 2 rings (SSSR count). The van der Waals surface area contributed by atoms with Crippen molar-refractivity contribution in [2.45, 2.75) is 38.6 Å². The summed E-state index contributed by atoms with van der Waals surface area (Å²) in [5, 5.41) is 0. The molecular weight excluding hydrogens is 232 g/mol. The van der Waals surface area contributed by atoms with E-state index in [2.05, 4.69) is 4.90 Å². The monoisotopic (exact) mass is 254 g/mol. The van der Waals surface area contributed by atoms with Crippen molar-refractivity contribution in [1.29, 1.82) is 0 Å². The predicted octanol–water partition coefficient (Wildman–Crippen LogP) is 0.636. The molecule has 1 unspecified atom stereocenters. The highest BCUT2D eigenvalue weighted by molar-refractivity contribution is 6.32. The first-order chi connectivity index (χ1) is 8.72. The fourth-order valence-electron chi connectivity index (χ4n) is 2.87. The van der Waals surface area contributed by atoms with Gasteiger partial charge >= 0.3 is 11.9 Å². The summed E-state index contributed by atoms with van der Waals surface area (Å²) in [7, 11) is 0. The molecule has 0 aliphatic carbocycles. The van der Waals surface area contributed by atoms with E-state index in [9.17, 15) is 9.59 Å². The summed E-state index contributed by atoms with van der Waals surface area (Å²) in [6.45, 7) is 5.82. The zero-order chi connectivity index (χ0) is 13.0. The highest BCUT2D eigenvalue weighted by Crippen LogP contribution is 2.20. The van der Waals surface area contributed by atoms with Crippen molar-refractivity contribution in [3.63, 3.8) is 0 Å². The van der Waals surface area contributed by atoms with E-state index >= 15 is 0 Å². The average molecular weight is 254 g/mol. The molecular formula is C13H22N2O3. The van der Waals surface area contributed by atoms with Crippen LogP contribution in [0.3, 0.4) is 0 Å². The van der Waals surface area contributed by atoms with Crippen LogP contribution < -0.4 is 0 Å². The maximum Gasteiger partial charge on any atom is 0.397 e. The molecule has 0 aromatic carbocycles. The third-order valence-electron chi connectivity index (χ3n) is 3.76. The van der Waals surface area contributed by atoms with E-state index in [-0.39, 0.29) is 12.6 Å². The van der Waals surface area contributed by atoms with Crippen LogP contribution in [0.2, 0.25) is 0 Å². The van der Waals surface area contributed by atoms with E-state index in [0.717, 1.165) is 32.5 Å². The van der Waals surface area contributed by atoms with Gasteiger partial charge in [-0.1, -0.05) is 0 Å². The molecule has 0 saturated carbocycles. The quantitative estimate of drug-likeness (QED) is 0.548. The number of rotatable bonds is 3. The molecule has 0 aromatic rings. The minimum atomic E-state index is -0.703. The number of hydrogen-bond acceptors (Lipinski definition) is 4. The van der Waals surface area contributed by atoms with Crippen LogP contribution in [0, 0.1) is 0 Å². The molecule has 2 saturated heterocycles. The normalized spacial score (nSPS) is 24.5. The van der Waals surface area contributed by atoms with Crippen LogP contribution in [0.25, 0.3) is 0 Å². The van der Waals surface area contributed by atoms with Crippen LogP contribution >= 0.6 is 0 Å². The van der Waals surface area contributed by atoms with E-state index in [1.54, 1.807) is 11.8 Å². The molecule has 2 aliphatic rings. The number of hydrogen-bond donors (Lipinski definition) is 0. The van der Waals surface area contributed by atoms with Gasteiger partial charge in [-0.25, -0.2) is 4.79 Å². The average Bonchev–Trinajstić information content (AvgIpc) is 3.00. The molecule has 2 fully saturated rings. The molecule has 2 aliphatic heterocycles. The van der Waals surface area contributed by atoms with Crippen LogP contribution in [-0.4, -0.2) is 60.5 Å². The Morgan fingerprint density at radius 3 is 2.56 bits per heavy atom. The smallest absolute Gasteiger partial charge is 0.397 e. The summed E-state index contributed by atoms with van der Waals surface area (Å²) >= 11 is 0. The van der Waals surface area contributed by atoms with Gasteiger partial charge in [0, 0.05) is 19.1 Å². The third kappa shape index (κ3) is 3.02. The first kappa shape index (κ1) is 13.3. The maximum atomic E-state index is 12.0. The zero-order valence-corrected chi connectivity index (χ0v) is 11.1. The first-order valence-electron chi connectivity index (χ1n) is 6.92. The van der Waals surface area contributed by atoms with E-state index in [1.807, 2.05) is 0 Å². The summed E-state index contributed by atoms with van der Waals surface area (Å²) < 4.78 is 4.79. The molecule has 0 radical (unpaired) electrons. The van der Waals surface area contributed by atoms with Crippen molar-refractivity contribution >= 4 is 11.9 Å². The Kier molecular flexibility index (Phi) is 4.58. The van der Waals surface area contributed by atoms with Crippen molar-refractivity contribution in [2.24, 2.45) is 0 Å². The second kappa shape index (κ2) is 6.18. The van der Waals surface area contributed by atoms with Crippen molar-refractivity contribution in [3.8, 4) is 0 Å². The van der Waals surface area contributed by atoms with E-state index in [1.165, 1.54) is 12.8 Å². The highest BCUT2D eigenvalue weighted by atomic mass is 16.5. The standard InChI is InChI=1S/C13H22N2O3/c1-2-18-13(17)12(16)15-9-5-6-11(15)10-14-7-3-4-8-14/h11H,2-10H2,1H3. The van der Waals surface area contributed by atoms with Gasteiger partial charge in [0.1, 0.15) is 0 Å². The SMILES string of the molecule is CCOC(=O)C(=O)N1CCCC1CN1CCCC1. The Balaban J connectivity index is 1.89. The summed E-state index contributed by atoms with van der Waals surface area (Å²) in [6, 6.07) is 0.194. The maximum absolute atomic E-state index is 12.0. The van der Waals surface area contributed by atoms with Crippen LogP contribution in [0.15, 0.2) is 0 Å². The van der Waals surface area contributed by atoms with Gasteiger partial charge in [0.2, 0.25) is 0 Å². The number of ether oxygens (including phenoxy) is 1. The molecule has 5 heteroatoms. The fraction of sp³-hybridized carbons (Fsp3) is 0.846. The van der Waals surface area contributed by atoms with Gasteiger partial charge in [-0.15, -0.1) is 0 Å². The number of nitrogens with zero attached hydrogens (tertiary/aromatic N) is 2. The molecule has 1 amide bonds. The van der Waals surface area contributed by atoms with Gasteiger partial charge in [-0.3, -0.25) is 4.79 Å². The second-order valence-electron chi connectivity index (χ2n) is 5.02. The Hall–Kier alpha value is -1.10. The first-order valence-corrected chi connectivity index (χ1v) is 6.92. The van der Waals surface area contributed by atoms with Crippen LogP contribution in [0.5, 0.6) is 0 Å². The van der Waals surface area contributed by atoms with E-state index in [0.29, 0.717) is 6.54 Å². The van der Waals surface area contributed by atoms with Crippen LogP contribution in [-0.2, 0) is 14.3 Å². The lowest BCUT2D eigenvalue weighted by atomic mass is 10.2. The zero-order valence-electron chi connectivity index (χ0n) is 11.1. The van der Waals surface area contributed by atoms with Gasteiger partial charge in [-0.05, 0) is 45.7 Å². The number of carbonyl (C=O) groups is 2. The van der Waals surface area contributed by atoms with Gasteiger partial charge in [0.15, 0.2) is 0 Å². The molecule has 18 heavy (non-hydrogen) atoms. The number of esters is 1. The lowest BCUT2D eigenvalue weighted by Gasteiger charge is -2.27. The van der Waals surface area contributed by atoms with Gasteiger partial charge in [0.25, 0.3) is 0 Å². The molecule has 5 nitrogen and oxygen atoms in total. The Bertz CT molecular complexity index is 313. The molecule has 1 atom stereocenters. The predicted molar refractivity (Wildman–Crippen MR) is 67.0 cm³/mol.